The Morgan fingerprint density at radius 1 is 0.429 bits per heavy atom. The van der Waals surface area contributed by atoms with Gasteiger partial charge in [-0.05, 0) is 148 Å². The van der Waals surface area contributed by atoms with E-state index in [1.54, 1.807) is 5.56 Å². The zero-order valence-corrected chi connectivity index (χ0v) is 43.4. The molecule has 7 aromatic rings. The van der Waals surface area contributed by atoms with Crippen LogP contribution in [0.15, 0.2) is 146 Å². The second kappa shape index (κ2) is 14.8. The molecular formula is C66H70BN3. The maximum atomic E-state index is 2.95. The lowest BCUT2D eigenvalue weighted by atomic mass is 9.33. The van der Waals surface area contributed by atoms with E-state index in [1.807, 2.05) is 0 Å². The second-order valence-electron chi connectivity index (χ2n) is 25.2. The largest absolute Gasteiger partial charge is 0.335 e. The molecule has 352 valence electrons. The van der Waals surface area contributed by atoms with Crippen LogP contribution >= 0.6 is 0 Å². The van der Waals surface area contributed by atoms with Gasteiger partial charge < -0.3 is 14.7 Å². The summed E-state index contributed by atoms with van der Waals surface area (Å²) in [4.78, 5) is 8.54. The fourth-order valence-corrected chi connectivity index (χ4v) is 15.1. The van der Waals surface area contributed by atoms with E-state index in [4.69, 9.17) is 0 Å². The van der Waals surface area contributed by atoms with Gasteiger partial charge in [-0.2, -0.15) is 0 Å². The first kappa shape index (κ1) is 44.0. The van der Waals surface area contributed by atoms with E-state index >= 15 is 0 Å². The third-order valence-corrected chi connectivity index (χ3v) is 19.4. The van der Waals surface area contributed by atoms with Crippen LogP contribution in [0.2, 0.25) is 0 Å². The van der Waals surface area contributed by atoms with Gasteiger partial charge in [-0.3, -0.25) is 0 Å². The lowest BCUT2D eigenvalue weighted by molar-refractivity contribution is 0.194. The smallest absolute Gasteiger partial charge is 0.252 e. The molecule has 2 aliphatic carbocycles. The molecule has 2 saturated carbocycles. The van der Waals surface area contributed by atoms with Gasteiger partial charge in [0.2, 0.25) is 0 Å². The molecule has 4 heterocycles. The van der Waals surface area contributed by atoms with Crippen molar-refractivity contribution in [2.75, 3.05) is 14.7 Å². The standard InChI is InChI=1S/C66H70BN3/c1-61(2,3)46-30-32-54(49(39-46)44-25-15-12-16-26-44)68-56-40-47(62(4,5)6)29-31-52(56)67-53-38-45(43-23-13-11-14-24-43)37-51-60(53)70(66(10)36-22-20-34-64(51,66)8)58-42-48(41-57(68)59(58)67)69-55-28-18-17-27-50(55)63(7)33-19-21-35-65(63,69)9/h11-18,23-32,37-42H,19-22,33-36H2,1-10H3. The SMILES string of the molecule is CC(C)(C)c1ccc(N2c3cc(C(C)(C)C)ccc3B3c4cc(-c5ccccc5)cc5c4N(c4cc(N6c7ccccc7C7(C)CCCCC67C)cc2c43)C2(C)CCCCC52C)c(-c2ccccc2)c1. The van der Waals surface area contributed by atoms with Crippen LogP contribution in [0.1, 0.15) is 143 Å². The first-order valence-corrected chi connectivity index (χ1v) is 26.7. The van der Waals surface area contributed by atoms with Gasteiger partial charge in [-0.1, -0.05) is 184 Å². The first-order chi connectivity index (χ1) is 33.5. The zero-order valence-electron chi connectivity index (χ0n) is 43.4. The number of para-hydroxylation sites is 1. The van der Waals surface area contributed by atoms with Gasteiger partial charge in [-0.25, -0.2) is 0 Å². The summed E-state index contributed by atoms with van der Waals surface area (Å²) in [6, 6.07) is 57.5. The monoisotopic (exact) mass is 916 g/mol. The van der Waals surface area contributed by atoms with Crippen LogP contribution < -0.4 is 31.1 Å². The summed E-state index contributed by atoms with van der Waals surface area (Å²) in [6.07, 6.45) is 9.72. The number of nitrogens with zero attached hydrogens (tertiary/aromatic N) is 3. The Balaban J connectivity index is 1.19. The average Bonchev–Trinajstić information content (AvgIpc) is 3.70. The van der Waals surface area contributed by atoms with E-state index in [9.17, 15) is 0 Å². The Morgan fingerprint density at radius 3 is 1.69 bits per heavy atom. The molecule has 6 aliphatic rings. The lowest BCUT2D eigenvalue weighted by Gasteiger charge is -2.54. The molecule has 3 nitrogen and oxygen atoms in total. The fraction of sp³-hybridized carbons (Fsp3) is 0.364. The molecule has 0 aromatic heterocycles. The highest BCUT2D eigenvalue weighted by Crippen LogP contribution is 2.65. The molecule has 4 unspecified atom stereocenters. The Hall–Kier alpha value is -6.00. The van der Waals surface area contributed by atoms with Crippen LogP contribution in [-0.2, 0) is 21.7 Å². The summed E-state index contributed by atoms with van der Waals surface area (Å²) in [5, 5.41) is 0. The maximum Gasteiger partial charge on any atom is 0.252 e. The van der Waals surface area contributed by atoms with Gasteiger partial charge in [0.25, 0.3) is 6.71 Å². The van der Waals surface area contributed by atoms with Gasteiger partial charge in [0.1, 0.15) is 0 Å². The minimum atomic E-state index is -0.119. The molecule has 4 heteroatoms. The van der Waals surface area contributed by atoms with Gasteiger partial charge in [0.05, 0.1) is 16.8 Å². The van der Waals surface area contributed by atoms with Crippen molar-refractivity contribution in [1.82, 2.24) is 0 Å². The maximum absolute atomic E-state index is 2.95. The van der Waals surface area contributed by atoms with Crippen LogP contribution in [0.3, 0.4) is 0 Å². The number of fused-ring (bicyclic) bond motifs is 10. The van der Waals surface area contributed by atoms with E-state index in [0.29, 0.717) is 0 Å². The topological polar surface area (TPSA) is 9.72 Å². The molecule has 4 aliphatic heterocycles. The Kier molecular flexibility index (Phi) is 9.29. The molecule has 70 heavy (non-hydrogen) atoms. The molecule has 4 atom stereocenters. The third kappa shape index (κ3) is 5.83. The highest BCUT2D eigenvalue weighted by Gasteiger charge is 2.63. The number of benzene rings is 7. The van der Waals surface area contributed by atoms with Crippen molar-refractivity contribution in [3.8, 4) is 22.3 Å². The molecule has 0 amide bonds. The summed E-state index contributed by atoms with van der Waals surface area (Å²) in [5.41, 5.74) is 24.3. The number of anilines is 7. The van der Waals surface area contributed by atoms with Crippen LogP contribution in [0.4, 0.5) is 39.8 Å². The molecule has 7 aromatic carbocycles. The van der Waals surface area contributed by atoms with Crippen molar-refractivity contribution in [2.45, 2.75) is 153 Å². The van der Waals surface area contributed by atoms with Crippen molar-refractivity contribution >= 4 is 62.9 Å². The molecule has 13 rings (SSSR count). The Morgan fingerprint density at radius 2 is 1.00 bits per heavy atom. The molecule has 0 N–H and O–H groups in total. The average molecular weight is 916 g/mol. The normalized spacial score (nSPS) is 24.9. The predicted octanol–water partition coefficient (Wildman–Crippen LogP) is 15.7. The number of rotatable bonds is 4. The second-order valence-corrected chi connectivity index (χ2v) is 25.2. The summed E-state index contributed by atoms with van der Waals surface area (Å²) < 4.78 is 0. The molecule has 0 bridgehead atoms. The summed E-state index contributed by atoms with van der Waals surface area (Å²) in [6.45, 7) is 24.7. The highest BCUT2D eigenvalue weighted by molar-refractivity contribution is 7.00. The van der Waals surface area contributed by atoms with Crippen LogP contribution in [-0.4, -0.2) is 17.8 Å². The highest BCUT2D eigenvalue weighted by atomic mass is 15.3. The predicted molar refractivity (Wildman–Crippen MR) is 300 cm³/mol. The number of hydrogen-bond acceptors (Lipinski definition) is 3. The zero-order chi connectivity index (χ0) is 48.3. The van der Waals surface area contributed by atoms with Crippen LogP contribution in [0.5, 0.6) is 0 Å². The van der Waals surface area contributed by atoms with Gasteiger partial charge in [0, 0.05) is 50.5 Å². The van der Waals surface area contributed by atoms with E-state index < -0.39 is 0 Å². The van der Waals surface area contributed by atoms with Crippen molar-refractivity contribution in [3.63, 3.8) is 0 Å². The Labute approximate surface area is 419 Å². The van der Waals surface area contributed by atoms with Crippen LogP contribution in [0.25, 0.3) is 22.3 Å². The first-order valence-electron chi connectivity index (χ1n) is 26.7. The summed E-state index contributed by atoms with van der Waals surface area (Å²) in [7, 11) is 0. The summed E-state index contributed by atoms with van der Waals surface area (Å²) >= 11 is 0. The fourth-order valence-electron chi connectivity index (χ4n) is 15.1. The van der Waals surface area contributed by atoms with Crippen molar-refractivity contribution < 1.29 is 0 Å². The molecule has 2 fully saturated rings. The molecular weight excluding hydrogens is 846 g/mol. The lowest BCUT2D eigenvalue weighted by Crippen LogP contribution is -2.64. The minimum absolute atomic E-state index is 0.0214. The van der Waals surface area contributed by atoms with Crippen molar-refractivity contribution in [1.29, 1.82) is 0 Å². The molecule has 0 spiro atoms. The van der Waals surface area contributed by atoms with Gasteiger partial charge in [0.15, 0.2) is 0 Å². The van der Waals surface area contributed by atoms with E-state index in [2.05, 4.69) is 230 Å². The van der Waals surface area contributed by atoms with Crippen LogP contribution in [0, 0.1) is 0 Å². The minimum Gasteiger partial charge on any atom is -0.335 e. The van der Waals surface area contributed by atoms with Crippen molar-refractivity contribution in [3.05, 3.63) is 168 Å². The number of hydrogen-bond donors (Lipinski definition) is 0. The van der Waals surface area contributed by atoms with Gasteiger partial charge in [-0.15, -0.1) is 0 Å². The van der Waals surface area contributed by atoms with Gasteiger partial charge >= 0.3 is 0 Å². The molecule has 0 radical (unpaired) electrons. The van der Waals surface area contributed by atoms with E-state index in [1.165, 1.54) is 134 Å². The van der Waals surface area contributed by atoms with E-state index in [0.717, 1.165) is 12.8 Å². The van der Waals surface area contributed by atoms with E-state index in [-0.39, 0.29) is 39.5 Å². The third-order valence-electron chi connectivity index (χ3n) is 19.4. The summed E-state index contributed by atoms with van der Waals surface area (Å²) in [5.74, 6) is 0. The Bertz CT molecular complexity index is 3290. The quantitative estimate of drug-likeness (QED) is 0.163. The molecule has 0 saturated heterocycles. The van der Waals surface area contributed by atoms with Crippen molar-refractivity contribution in [2.24, 2.45) is 0 Å².